The molecule has 0 radical (unpaired) electrons. The van der Waals surface area contributed by atoms with E-state index in [2.05, 4.69) is 10.0 Å². The number of benzene rings is 1. The Kier molecular flexibility index (Phi) is 5.18. The average Bonchev–Trinajstić information content (AvgIpc) is 2.69. The smallest absolute Gasteiger partial charge is 0.241 e. The number of rotatable bonds is 5. The van der Waals surface area contributed by atoms with Crippen LogP contribution in [0.25, 0.3) is 0 Å². The van der Waals surface area contributed by atoms with Crippen molar-refractivity contribution in [2.75, 3.05) is 23.9 Å². The molecule has 24 heavy (non-hydrogen) atoms. The minimum absolute atomic E-state index is 0.160. The summed E-state index contributed by atoms with van der Waals surface area (Å²) in [6.07, 6.45) is -1.31. The van der Waals surface area contributed by atoms with Crippen LogP contribution in [0.5, 0.6) is 5.75 Å². The van der Waals surface area contributed by atoms with Gasteiger partial charge in [-0.2, -0.15) is 0 Å². The normalized spacial score (nSPS) is 23.0. The van der Waals surface area contributed by atoms with Gasteiger partial charge in [0.15, 0.2) is 9.84 Å². The summed E-state index contributed by atoms with van der Waals surface area (Å²) < 4.78 is 55.0. The van der Waals surface area contributed by atoms with Gasteiger partial charge in [0.2, 0.25) is 15.9 Å². The number of aliphatic hydroxyl groups is 1. The molecule has 0 aromatic heterocycles. The van der Waals surface area contributed by atoms with Crippen LogP contribution in [0.1, 0.15) is 6.92 Å². The van der Waals surface area contributed by atoms with Gasteiger partial charge in [0, 0.05) is 6.92 Å². The van der Waals surface area contributed by atoms with Crippen LogP contribution in [0.15, 0.2) is 23.1 Å². The molecule has 0 unspecified atom stereocenters. The molecule has 1 aromatic rings. The zero-order valence-electron chi connectivity index (χ0n) is 13.0. The number of aliphatic hydroxyl groups excluding tert-OH is 1. The Morgan fingerprint density at radius 2 is 2.00 bits per heavy atom. The maximum absolute atomic E-state index is 12.4. The summed E-state index contributed by atoms with van der Waals surface area (Å²) in [7, 11) is -6.21. The van der Waals surface area contributed by atoms with Crippen molar-refractivity contribution < 1.29 is 31.5 Å². The third-order valence-electron chi connectivity index (χ3n) is 3.42. The maximum atomic E-state index is 12.4. The second-order valence-corrected chi connectivity index (χ2v) is 9.28. The number of methoxy groups -OCH3 is 1. The number of carbonyl (C=O) groups excluding carboxylic acids is 1. The molecule has 134 valence electrons. The van der Waals surface area contributed by atoms with Crippen molar-refractivity contribution in [1.29, 1.82) is 0 Å². The van der Waals surface area contributed by atoms with Gasteiger partial charge in [-0.25, -0.2) is 21.6 Å². The minimum Gasteiger partial charge on any atom is -0.495 e. The number of sulfonamides is 1. The summed E-state index contributed by atoms with van der Waals surface area (Å²) >= 11 is 0. The van der Waals surface area contributed by atoms with E-state index >= 15 is 0 Å². The zero-order chi connectivity index (χ0) is 18.1. The largest absolute Gasteiger partial charge is 0.495 e. The fourth-order valence-corrected chi connectivity index (χ4v) is 5.49. The molecule has 0 aliphatic carbocycles. The lowest BCUT2D eigenvalue weighted by atomic mass is 10.2. The Morgan fingerprint density at radius 3 is 2.50 bits per heavy atom. The fraction of sp³-hybridized carbons (Fsp3) is 0.462. The molecule has 0 bridgehead atoms. The molecule has 2 atom stereocenters. The average molecular weight is 378 g/mol. The highest BCUT2D eigenvalue weighted by Gasteiger charge is 2.39. The molecule has 1 aromatic carbocycles. The van der Waals surface area contributed by atoms with Crippen molar-refractivity contribution in [2.24, 2.45) is 0 Å². The summed E-state index contributed by atoms with van der Waals surface area (Å²) in [6, 6.07) is 2.69. The minimum atomic E-state index is -4.09. The molecule has 0 saturated carbocycles. The van der Waals surface area contributed by atoms with E-state index in [1.807, 2.05) is 0 Å². The second-order valence-electron chi connectivity index (χ2n) is 5.42. The van der Waals surface area contributed by atoms with E-state index in [0.717, 1.165) is 0 Å². The van der Waals surface area contributed by atoms with E-state index in [4.69, 9.17) is 4.74 Å². The molecule has 2 rings (SSSR count). The van der Waals surface area contributed by atoms with Gasteiger partial charge in [0.1, 0.15) is 5.75 Å². The highest BCUT2D eigenvalue weighted by atomic mass is 32.2. The predicted molar refractivity (Wildman–Crippen MR) is 86.1 cm³/mol. The van der Waals surface area contributed by atoms with Crippen LogP contribution in [-0.4, -0.2) is 58.6 Å². The molecule has 1 saturated heterocycles. The molecule has 9 nitrogen and oxygen atoms in total. The second kappa shape index (κ2) is 6.67. The molecule has 11 heteroatoms. The van der Waals surface area contributed by atoms with Gasteiger partial charge >= 0.3 is 0 Å². The Hall–Kier alpha value is -1.69. The van der Waals surface area contributed by atoms with Gasteiger partial charge in [-0.15, -0.1) is 0 Å². The van der Waals surface area contributed by atoms with Gasteiger partial charge in [0.05, 0.1) is 41.3 Å². The number of sulfone groups is 1. The van der Waals surface area contributed by atoms with Crippen LogP contribution in [0.4, 0.5) is 5.69 Å². The topological polar surface area (TPSA) is 139 Å². The molecule has 1 heterocycles. The Labute approximate surface area is 140 Å². The van der Waals surface area contributed by atoms with Crippen molar-refractivity contribution in [1.82, 2.24) is 4.72 Å². The van der Waals surface area contributed by atoms with E-state index in [9.17, 15) is 26.7 Å². The van der Waals surface area contributed by atoms with E-state index in [1.54, 1.807) is 0 Å². The Bertz CT molecular complexity index is 849. The van der Waals surface area contributed by atoms with Crippen LogP contribution in [0.3, 0.4) is 0 Å². The highest BCUT2D eigenvalue weighted by Crippen LogP contribution is 2.28. The highest BCUT2D eigenvalue weighted by molar-refractivity contribution is 7.92. The van der Waals surface area contributed by atoms with Gasteiger partial charge in [-0.3, -0.25) is 4.79 Å². The van der Waals surface area contributed by atoms with Crippen molar-refractivity contribution in [3.63, 3.8) is 0 Å². The van der Waals surface area contributed by atoms with Crippen LogP contribution < -0.4 is 14.8 Å². The first-order chi connectivity index (χ1) is 11.0. The van der Waals surface area contributed by atoms with E-state index in [-0.39, 0.29) is 16.3 Å². The van der Waals surface area contributed by atoms with E-state index in [1.165, 1.54) is 32.2 Å². The molecule has 3 N–H and O–H groups in total. The molecule has 1 aliphatic heterocycles. The van der Waals surface area contributed by atoms with Gasteiger partial charge < -0.3 is 15.2 Å². The number of carbonyl (C=O) groups is 1. The standard InChI is InChI=1S/C13H18N2O7S2/c1-8(16)14-10-5-9(3-4-13(10)22-2)24(20,21)15-11-6-23(18,19)7-12(11)17/h3-5,11-12,15,17H,6-7H2,1-2H3,(H,14,16)/t11-,12-/m0/s1. The number of anilines is 1. The predicted octanol–water partition coefficient (Wildman–Crippen LogP) is -0.910. The first-order valence-corrected chi connectivity index (χ1v) is 10.2. The summed E-state index contributed by atoms with van der Waals surface area (Å²) in [5, 5.41) is 12.2. The SMILES string of the molecule is COc1ccc(S(=O)(=O)N[C@H]2CS(=O)(=O)C[C@@H]2O)cc1NC(C)=O. The first-order valence-electron chi connectivity index (χ1n) is 6.90. The van der Waals surface area contributed by atoms with Crippen LogP contribution in [0.2, 0.25) is 0 Å². The first kappa shape index (κ1) is 18.6. The molecule has 1 amide bonds. The number of nitrogens with one attached hydrogen (secondary N) is 2. The van der Waals surface area contributed by atoms with Crippen LogP contribution in [0, 0.1) is 0 Å². The van der Waals surface area contributed by atoms with Crippen molar-refractivity contribution in [2.45, 2.75) is 24.0 Å². The zero-order valence-corrected chi connectivity index (χ0v) is 14.6. The van der Waals surface area contributed by atoms with Crippen LogP contribution >= 0.6 is 0 Å². The van der Waals surface area contributed by atoms with Gasteiger partial charge in [0.25, 0.3) is 0 Å². The number of hydrogen-bond acceptors (Lipinski definition) is 7. The fourth-order valence-electron chi connectivity index (χ4n) is 2.35. The summed E-state index contributed by atoms with van der Waals surface area (Å²) in [6.45, 7) is 1.26. The monoisotopic (exact) mass is 378 g/mol. The molecule has 0 spiro atoms. The van der Waals surface area contributed by atoms with Crippen molar-refractivity contribution in [3.8, 4) is 5.75 Å². The molecule has 1 aliphatic rings. The quantitative estimate of drug-likeness (QED) is 0.603. The lowest BCUT2D eigenvalue weighted by molar-refractivity contribution is -0.114. The maximum Gasteiger partial charge on any atom is 0.241 e. The molecule has 1 fully saturated rings. The number of hydrogen-bond donors (Lipinski definition) is 3. The Balaban J connectivity index is 2.31. The Morgan fingerprint density at radius 1 is 1.33 bits per heavy atom. The van der Waals surface area contributed by atoms with E-state index < -0.39 is 49.4 Å². The van der Waals surface area contributed by atoms with Gasteiger partial charge in [-0.1, -0.05) is 0 Å². The van der Waals surface area contributed by atoms with Crippen molar-refractivity contribution in [3.05, 3.63) is 18.2 Å². The molecular formula is C13H18N2O7S2. The summed E-state index contributed by atoms with van der Waals surface area (Å²) in [5.74, 6) is -1.09. The van der Waals surface area contributed by atoms with Crippen LogP contribution in [-0.2, 0) is 24.7 Å². The summed E-state index contributed by atoms with van der Waals surface area (Å²) in [5.41, 5.74) is 0.160. The van der Waals surface area contributed by atoms with E-state index in [0.29, 0.717) is 0 Å². The third kappa shape index (κ3) is 4.23. The number of amides is 1. The molecular weight excluding hydrogens is 360 g/mol. The van der Waals surface area contributed by atoms with Gasteiger partial charge in [-0.05, 0) is 18.2 Å². The van der Waals surface area contributed by atoms with Crippen molar-refractivity contribution >= 4 is 31.5 Å². The number of ether oxygens (including phenoxy) is 1. The lowest BCUT2D eigenvalue weighted by Crippen LogP contribution is -2.42. The summed E-state index contributed by atoms with van der Waals surface area (Å²) in [4.78, 5) is 11.0. The lowest BCUT2D eigenvalue weighted by Gasteiger charge is -2.16. The third-order valence-corrected chi connectivity index (χ3v) is 6.63.